The molecular formula is C13H12N2O2. The molecule has 0 saturated carbocycles. The number of hydrogen-bond acceptors (Lipinski definition) is 4. The van der Waals surface area contributed by atoms with E-state index in [1.165, 1.54) is 12.3 Å². The van der Waals surface area contributed by atoms with Crippen molar-refractivity contribution in [1.29, 1.82) is 0 Å². The molecule has 1 N–H and O–H groups in total. The smallest absolute Gasteiger partial charge is 0.228 e. The minimum atomic E-state index is -0.0608. The van der Waals surface area contributed by atoms with Gasteiger partial charge in [0.05, 0.1) is 5.69 Å². The molecule has 0 atom stereocenters. The first-order valence-electron chi connectivity index (χ1n) is 5.21. The van der Waals surface area contributed by atoms with Gasteiger partial charge in [0, 0.05) is 23.9 Å². The van der Waals surface area contributed by atoms with Crippen molar-refractivity contribution < 1.29 is 9.32 Å². The predicted molar refractivity (Wildman–Crippen MR) is 64.8 cm³/mol. The normalized spacial score (nSPS) is 10.6. The average molecular weight is 228 g/mol. The molecule has 86 valence electrons. The number of nitrogens with zero attached hydrogens (tertiary/aromatic N) is 1. The third kappa shape index (κ3) is 3.04. The molecule has 1 aromatic carbocycles. The highest BCUT2D eigenvalue weighted by Gasteiger charge is 2.00. The molecule has 0 amide bonds. The molecule has 0 aliphatic carbocycles. The molecule has 1 aromatic heterocycles. The quantitative estimate of drug-likeness (QED) is 0.645. The van der Waals surface area contributed by atoms with Crippen molar-refractivity contribution >= 4 is 11.7 Å². The highest BCUT2D eigenvalue weighted by Crippen LogP contribution is 2.08. The maximum absolute atomic E-state index is 11.7. The molecule has 4 nitrogen and oxygen atoms in total. The Labute approximate surface area is 98.9 Å². The summed E-state index contributed by atoms with van der Waals surface area (Å²) in [7, 11) is 0. The van der Waals surface area contributed by atoms with E-state index >= 15 is 0 Å². The highest BCUT2D eigenvalue weighted by atomic mass is 16.5. The summed E-state index contributed by atoms with van der Waals surface area (Å²) in [5.41, 5.74) is 1.44. The largest absolute Gasteiger partial charge is 0.338 e. The van der Waals surface area contributed by atoms with E-state index in [4.69, 9.17) is 4.52 Å². The van der Waals surface area contributed by atoms with E-state index in [0.717, 1.165) is 5.69 Å². The van der Waals surface area contributed by atoms with E-state index in [-0.39, 0.29) is 5.78 Å². The molecule has 0 saturated heterocycles. The van der Waals surface area contributed by atoms with E-state index in [9.17, 15) is 4.79 Å². The molecular weight excluding hydrogens is 216 g/mol. The van der Waals surface area contributed by atoms with Crippen LogP contribution in [0.4, 0.5) is 5.88 Å². The van der Waals surface area contributed by atoms with Crippen LogP contribution in [0.15, 0.2) is 53.2 Å². The monoisotopic (exact) mass is 228 g/mol. The number of aromatic nitrogens is 1. The van der Waals surface area contributed by atoms with Crippen molar-refractivity contribution in [2.24, 2.45) is 0 Å². The van der Waals surface area contributed by atoms with Crippen molar-refractivity contribution in [3.8, 4) is 0 Å². The van der Waals surface area contributed by atoms with Crippen LogP contribution in [0.3, 0.4) is 0 Å². The van der Waals surface area contributed by atoms with Crippen LogP contribution < -0.4 is 5.32 Å². The number of allylic oxidation sites excluding steroid dienone is 1. The van der Waals surface area contributed by atoms with Crippen LogP contribution >= 0.6 is 0 Å². The summed E-state index contributed by atoms with van der Waals surface area (Å²) >= 11 is 0. The molecule has 4 heteroatoms. The van der Waals surface area contributed by atoms with Crippen LogP contribution in [-0.4, -0.2) is 10.9 Å². The summed E-state index contributed by atoms with van der Waals surface area (Å²) < 4.78 is 4.93. The molecule has 17 heavy (non-hydrogen) atoms. The van der Waals surface area contributed by atoms with Gasteiger partial charge in [-0.2, -0.15) is 0 Å². The van der Waals surface area contributed by atoms with Gasteiger partial charge in [0.2, 0.25) is 5.88 Å². The van der Waals surface area contributed by atoms with E-state index < -0.39 is 0 Å². The van der Waals surface area contributed by atoms with Crippen molar-refractivity contribution in [3.05, 3.63) is 59.9 Å². The highest BCUT2D eigenvalue weighted by molar-refractivity contribution is 6.04. The zero-order valence-corrected chi connectivity index (χ0v) is 9.38. The van der Waals surface area contributed by atoms with Crippen LogP contribution in [0.5, 0.6) is 0 Å². The topological polar surface area (TPSA) is 55.1 Å². The summed E-state index contributed by atoms with van der Waals surface area (Å²) in [5, 5.41) is 6.55. The molecule has 2 aromatic rings. The number of carbonyl (C=O) groups is 1. The van der Waals surface area contributed by atoms with Crippen LogP contribution in [0.25, 0.3) is 0 Å². The molecule has 0 fully saturated rings. The fraction of sp³-hybridized carbons (Fsp3) is 0.0769. The SMILES string of the molecule is Cc1cc(N/C=C\C(=O)c2ccccc2)on1. The lowest BCUT2D eigenvalue weighted by molar-refractivity contribution is 0.104. The second-order valence-corrected chi connectivity index (χ2v) is 3.54. The lowest BCUT2D eigenvalue weighted by Crippen LogP contribution is -1.95. The van der Waals surface area contributed by atoms with Crippen LogP contribution in [0.2, 0.25) is 0 Å². The van der Waals surface area contributed by atoms with Gasteiger partial charge in [0.25, 0.3) is 0 Å². The number of hydrogen-bond donors (Lipinski definition) is 1. The summed E-state index contributed by atoms with van der Waals surface area (Å²) in [6.45, 7) is 1.83. The van der Waals surface area contributed by atoms with E-state index in [0.29, 0.717) is 11.4 Å². The minimum Gasteiger partial charge on any atom is -0.338 e. The predicted octanol–water partition coefficient (Wildman–Crippen LogP) is 2.79. The van der Waals surface area contributed by atoms with Crippen LogP contribution in [0, 0.1) is 6.92 Å². The molecule has 0 aliphatic heterocycles. The Morgan fingerprint density at radius 2 is 2.12 bits per heavy atom. The van der Waals surface area contributed by atoms with Gasteiger partial charge in [-0.15, -0.1) is 0 Å². The number of aryl methyl sites for hydroxylation is 1. The Morgan fingerprint density at radius 3 is 2.76 bits per heavy atom. The second kappa shape index (κ2) is 5.12. The van der Waals surface area contributed by atoms with Crippen LogP contribution in [0.1, 0.15) is 16.1 Å². The van der Waals surface area contributed by atoms with E-state index in [1.807, 2.05) is 25.1 Å². The van der Waals surface area contributed by atoms with Crippen molar-refractivity contribution in [3.63, 3.8) is 0 Å². The number of nitrogens with one attached hydrogen (secondary N) is 1. The third-order valence-corrected chi connectivity index (χ3v) is 2.15. The molecule has 0 unspecified atom stereocenters. The van der Waals surface area contributed by atoms with Gasteiger partial charge < -0.3 is 9.84 Å². The number of anilines is 1. The van der Waals surface area contributed by atoms with Gasteiger partial charge in [-0.3, -0.25) is 4.79 Å². The van der Waals surface area contributed by atoms with E-state index in [2.05, 4.69) is 10.5 Å². The fourth-order valence-electron chi connectivity index (χ4n) is 1.33. The standard InChI is InChI=1S/C13H12N2O2/c1-10-9-13(17-15-10)14-8-7-12(16)11-5-3-2-4-6-11/h2-9,14H,1H3/b8-7-. The summed E-state index contributed by atoms with van der Waals surface area (Å²) in [6, 6.07) is 10.8. The molecule has 0 bridgehead atoms. The van der Waals surface area contributed by atoms with Gasteiger partial charge in [-0.1, -0.05) is 35.5 Å². The summed E-state index contributed by atoms with van der Waals surface area (Å²) in [5.74, 6) is 0.453. The Bertz CT molecular complexity index is 529. The summed E-state index contributed by atoms with van der Waals surface area (Å²) in [6.07, 6.45) is 2.99. The van der Waals surface area contributed by atoms with Gasteiger partial charge in [-0.25, -0.2) is 0 Å². The summed E-state index contributed by atoms with van der Waals surface area (Å²) in [4.78, 5) is 11.7. The average Bonchev–Trinajstić information content (AvgIpc) is 2.76. The van der Waals surface area contributed by atoms with Crippen molar-refractivity contribution in [1.82, 2.24) is 5.16 Å². The van der Waals surface area contributed by atoms with Crippen LogP contribution in [-0.2, 0) is 0 Å². The lowest BCUT2D eigenvalue weighted by Gasteiger charge is -1.94. The van der Waals surface area contributed by atoms with Crippen molar-refractivity contribution in [2.45, 2.75) is 6.92 Å². The van der Waals surface area contributed by atoms with Crippen molar-refractivity contribution in [2.75, 3.05) is 5.32 Å². The van der Waals surface area contributed by atoms with Gasteiger partial charge in [-0.05, 0) is 6.92 Å². The fourth-order valence-corrected chi connectivity index (χ4v) is 1.33. The first-order valence-corrected chi connectivity index (χ1v) is 5.21. The molecule has 0 spiro atoms. The molecule has 2 rings (SSSR count). The third-order valence-electron chi connectivity index (χ3n) is 2.15. The Kier molecular flexibility index (Phi) is 3.35. The lowest BCUT2D eigenvalue weighted by atomic mass is 10.1. The Morgan fingerprint density at radius 1 is 1.35 bits per heavy atom. The number of carbonyl (C=O) groups excluding carboxylic acids is 1. The molecule has 0 aliphatic rings. The Hall–Kier alpha value is -2.36. The van der Waals surface area contributed by atoms with Gasteiger partial charge >= 0.3 is 0 Å². The molecule has 1 heterocycles. The zero-order chi connectivity index (χ0) is 12.1. The second-order valence-electron chi connectivity index (χ2n) is 3.54. The number of ketones is 1. The number of benzene rings is 1. The first kappa shape index (κ1) is 11.1. The number of rotatable bonds is 4. The minimum absolute atomic E-state index is 0.0608. The first-order chi connectivity index (χ1) is 8.25. The van der Waals surface area contributed by atoms with Gasteiger partial charge in [0.15, 0.2) is 5.78 Å². The van der Waals surface area contributed by atoms with Gasteiger partial charge in [0.1, 0.15) is 0 Å². The Balaban J connectivity index is 1.95. The maximum atomic E-state index is 11.7. The van der Waals surface area contributed by atoms with E-state index in [1.54, 1.807) is 18.2 Å². The maximum Gasteiger partial charge on any atom is 0.228 e. The molecule has 0 radical (unpaired) electrons. The zero-order valence-electron chi connectivity index (χ0n) is 9.38.